The van der Waals surface area contributed by atoms with Gasteiger partial charge >= 0.3 is 0 Å². The van der Waals surface area contributed by atoms with Gasteiger partial charge in [0.15, 0.2) is 0 Å². The van der Waals surface area contributed by atoms with E-state index >= 15 is 0 Å². The summed E-state index contributed by atoms with van der Waals surface area (Å²) >= 11 is 0. The third-order valence-corrected chi connectivity index (χ3v) is 27.7. The molecule has 780 valence electrons. The molecule has 12 nitrogen and oxygen atoms in total. The van der Waals surface area contributed by atoms with Crippen molar-refractivity contribution in [1.29, 1.82) is 0 Å². The summed E-state index contributed by atoms with van der Waals surface area (Å²) in [7, 11) is 0. The Morgan fingerprint density at radius 3 is 0.812 bits per heavy atom. The predicted molar refractivity (Wildman–Crippen MR) is 608 cm³/mol. The number of phenolic OH excluding ortho intramolecular Hbond substituents is 3. The van der Waals surface area contributed by atoms with Gasteiger partial charge in [-0.05, 0) is 205 Å². The van der Waals surface area contributed by atoms with E-state index in [1.807, 2.05) is 79.3 Å². The zero-order valence-electron chi connectivity index (χ0n) is 93.0. The van der Waals surface area contributed by atoms with E-state index in [0.717, 1.165) is 106 Å². The van der Waals surface area contributed by atoms with Gasteiger partial charge in [-0.1, -0.05) is 401 Å². The van der Waals surface area contributed by atoms with Gasteiger partial charge in [0, 0.05) is 98.9 Å². The molecule has 0 aliphatic carbocycles. The fourth-order valence-corrected chi connectivity index (χ4v) is 18.3. The molecule has 6 aromatic heterocycles. The van der Waals surface area contributed by atoms with E-state index < -0.39 is 0 Å². The fourth-order valence-electron chi connectivity index (χ4n) is 18.3. The Morgan fingerprint density at radius 2 is 0.477 bits per heavy atom. The van der Waals surface area contributed by atoms with Crippen LogP contribution in [0.4, 0.5) is 0 Å². The van der Waals surface area contributed by atoms with Crippen molar-refractivity contribution in [1.82, 2.24) is 29.9 Å². The summed E-state index contributed by atoms with van der Waals surface area (Å²) in [4.78, 5) is 29.6. The number of rotatable bonds is 12. The molecule has 0 bridgehead atoms. The van der Waals surface area contributed by atoms with Crippen molar-refractivity contribution in [3.05, 3.63) is 341 Å². The molecule has 0 amide bonds. The van der Waals surface area contributed by atoms with Gasteiger partial charge in [0.1, 0.15) is 34.0 Å². The number of benzene rings is 12. The van der Waals surface area contributed by atoms with Crippen molar-refractivity contribution in [2.24, 2.45) is 0 Å². The number of oxazole rings is 3. The molecule has 0 radical (unpaired) electrons. The van der Waals surface area contributed by atoms with E-state index in [0.29, 0.717) is 51.1 Å². The van der Waals surface area contributed by atoms with Gasteiger partial charge in [0.05, 0.1) is 33.2 Å². The maximum absolute atomic E-state index is 10.6. The van der Waals surface area contributed by atoms with Crippen LogP contribution in [-0.2, 0) is 123 Å². The van der Waals surface area contributed by atoms with Crippen molar-refractivity contribution in [2.75, 3.05) is 0 Å². The second-order valence-corrected chi connectivity index (χ2v) is 51.0. The van der Waals surface area contributed by atoms with Crippen LogP contribution in [0, 0.1) is 18.2 Å². The Hall–Kier alpha value is -12.0. The van der Waals surface area contributed by atoms with Crippen molar-refractivity contribution >= 4 is 33.3 Å². The van der Waals surface area contributed by atoms with Crippen LogP contribution >= 0.6 is 0 Å². The third kappa shape index (κ3) is 25.6. The number of nitrogens with zero attached hydrogens (tertiary/aromatic N) is 6. The quantitative estimate of drug-likeness (QED) is 0.0988. The van der Waals surface area contributed by atoms with Gasteiger partial charge in [-0.25, -0.2) is 15.0 Å². The molecule has 0 spiro atoms. The van der Waals surface area contributed by atoms with Gasteiger partial charge in [-0.15, -0.1) is 87.5 Å². The molecular formula is C134H145N6O6Pt3-3. The molecule has 0 saturated carbocycles. The Bertz CT molecular complexity index is 7890. The van der Waals surface area contributed by atoms with Gasteiger partial charge in [0.2, 0.25) is 17.7 Å². The Morgan fingerprint density at radius 1 is 0.208 bits per heavy atom. The van der Waals surface area contributed by atoms with E-state index in [4.69, 9.17) is 43.2 Å². The molecule has 0 aliphatic rings. The minimum atomic E-state index is -0.192. The summed E-state index contributed by atoms with van der Waals surface area (Å²) in [6.45, 7) is 74.4. The van der Waals surface area contributed by atoms with Gasteiger partial charge < -0.3 is 28.6 Å². The predicted octanol–water partition coefficient (Wildman–Crippen LogP) is 36.5. The minimum Gasteiger partial charge on any atom is -0.507 e. The Balaban J connectivity index is 0.000000185. The Kier molecular flexibility index (Phi) is 32.7. The number of para-hydroxylation sites is 5. The van der Waals surface area contributed by atoms with Crippen molar-refractivity contribution < 1.29 is 91.8 Å². The molecule has 149 heavy (non-hydrogen) atoms. The van der Waals surface area contributed by atoms with Gasteiger partial charge in [-0.3, -0.25) is 15.0 Å². The molecule has 12 aromatic carbocycles. The first-order chi connectivity index (χ1) is 68.0. The topological polar surface area (TPSA) is 177 Å². The van der Waals surface area contributed by atoms with E-state index in [1.54, 1.807) is 36.4 Å². The van der Waals surface area contributed by atoms with Crippen LogP contribution in [0.15, 0.2) is 274 Å². The molecular weight excluding hydrogens is 2370 g/mol. The van der Waals surface area contributed by atoms with E-state index in [9.17, 15) is 15.3 Å². The number of pyridine rings is 3. The van der Waals surface area contributed by atoms with E-state index in [1.165, 1.54) is 72.3 Å². The largest absolute Gasteiger partial charge is 0.507 e. The second kappa shape index (κ2) is 42.7. The summed E-state index contributed by atoms with van der Waals surface area (Å²) in [5.74, 6) is 1.55. The number of aromatic hydroxyl groups is 3. The average Bonchev–Trinajstić information content (AvgIpc) is 1.73. The van der Waals surface area contributed by atoms with Crippen LogP contribution in [0.1, 0.15) is 290 Å². The third-order valence-electron chi connectivity index (χ3n) is 27.7. The zero-order chi connectivity index (χ0) is 106. The van der Waals surface area contributed by atoms with Crippen LogP contribution in [-0.4, -0.2) is 45.2 Å². The first-order valence-corrected chi connectivity index (χ1v) is 51.2. The summed E-state index contributed by atoms with van der Waals surface area (Å²) in [6.07, 6.45) is 5.75. The monoisotopic (exact) mass is 2520 g/mol. The molecule has 0 aliphatic heterocycles. The molecule has 15 heteroatoms. The van der Waals surface area contributed by atoms with Crippen LogP contribution in [0.5, 0.6) is 17.2 Å². The Labute approximate surface area is 928 Å². The number of phenols is 3. The van der Waals surface area contributed by atoms with Crippen LogP contribution in [0.3, 0.4) is 0 Å². The van der Waals surface area contributed by atoms with Crippen molar-refractivity contribution in [2.45, 2.75) is 288 Å². The fraction of sp³-hybridized carbons (Fsp3) is 0.328. The maximum atomic E-state index is 10.6. The number of fused-ring (bicyclic) bond motifs is 3. The van der Waals surface area contributed by atoms with Gasteiger partial charge in [0.25, 0.3) is 0 Å². The molecule has 18 aromatic rings. The summed E-state index contributed by atoms with van der Waals surface area (Å²) in [5.41, 5.74) is 37.0. The van der Waals surface area contributed by atoms with Crippen LogP contribution in [0.2, 0.25) is 0 Å². The van der Waals surface area contributed by atoms with E-state index in [-0.39, 0.29) is 140 Å². The normalized spacial score (nSPS) is 12.5. The molecule has 0 atom stereocenters. The number of hydrogen-bond donors (Lipinski definition) is 3. The molecule has 6 heterocycles. The second-order valence-electron chi connectivity index (χ2n) is 51.0. The molecule has 18 rings (SSSR count). The molecule has 0 saturated heterocycles. The number of aromatic nitrogens is 6. The first-order valence-electron chi connectivity index (χ1n) is 51.2. The summed E-state index contributed by atoms with van der Waals surface area (Å²) in [6, 6.07) is 94.3. The average molecular weight is 2520 g/mol. The smallest absolute Gasteiger partial charge is 0.230 e. The van der Waals surface area contributed by atoms with E-state index in [2.05, 4.69) is 392 Å². The van der Waals surface area contributed by atoms with Crippen LogP contribution < -0.4 is 0 Å². The standard InChI is InChI=1S/2C46H51N2O2.C42H43N2O2.3Pt/c1-43(2,3)30-22-29(23-31(25-30)44(4,5)6)28-20-21-47-38(24-28)35-26-34(36(45(7,8)9)27-37(35)46(10,11)12)32-17-15-19-40-41(32)48-42(50-40)33-16-13-14-18-39(33)49;1-43(2,3)32-22-30(37-26-35(46(10,11)12)27-40-41(37)48-42(50-40)36-15-13-14-16-39(36)49)19-31(23-32)38-24-28(17-18-47-38)29-20-33(44(4,5)6)25-34(21-29)45(7,8)9;1-40(2,3)30-22-28(33-14-12-16-37-38(33)44-39(46-37)34-13-10-11-15-36(34)45)19-29(23-30)35-24-26(17-18-43-35)27-20-31(41(4,5)6)25-32(21-27)42(7,8)9;;;/h13-25,27,49H,1-12H3;13-18,20-27,49H,1-12H3;10-18,20-25,45H,1-9H3;;;/q3*-1;;;. The zero-order valence-corrected chi connectivity index (χ0v) is 99.8. The number of hydrogen-bond acceptors (Lipinski definition) is 12. The van der Waals surface area contributed by atoms with Crippen molar-refractivity contribution in [3.63, 3.8) is 0 Å². The SMILES string of the molecule is CC(C)(C)c1cc(-c2cc(-c3cc(C(C)(C)C)cc(C(C)(C)C)c3)ccn2)[c-]c(-c2cc(C(C)(C)C)cc3oc(-c4ccccc4O)nc23)c1.CC(C)(C)c1cc(-c2cc(-c3cc(C(C)(C)C)cc(C(C)(C)C)c3)ccn2)[c-]c(-c2cccc3oc(-c4ccccc4O)nc23)c1.CC(C)(C)c1cc(-c2ccnc(-c3[c-]c(-c4cccc5oc(-c6ccccc6O)nc45)c(C(C)(C)C)cc3C(C)(C)C)c2)cc(C(C)(C)C)c1.[Pt].[Pt].[Pt]. The van der Waals surface area contributed by atoms with Crippen molar-refractivity contribution in [3.8, 4) is 152 Å². The van der Waals surface area contributed by atoms with Crippen LogP contribution in [0.25, 0.3) is 168 Å². The molecule has 0 fully saturated rings. The summed E-state index contributed by atoms with van der Waals surface area (Å²) < 4.78 is 18.8. The molecule has 3 N–H and O–H groups in total. The van der Waals surface area contributed by atoms with Gasteiger partial charge in [-0.2, -0.15) is 0 Å². The molecule has 0 unspecified atom stereocenters. The first kappa shape index (κ1) is 114. The summed E-state index contributed by atoms with van der Waals surface area (Å²) in [5, 5.41) is 31.7. The maximum Gasteiger partial charge on any atom is 0.230 e. The minimum absolute atomic E-state index is 0.